The molecule has 0 saturated carbocycles. The van der Waals surface area contributed by atoms with Gasteiger partial charge in [0.05, 0.1) is 15.6 Å². The van der Waals surface area contributed by atoms with Gasteiger partial charge in [-0.15, -0.1) is 0 Å². The van der Waals surface area contributed by atoms with Crippen LogP contribution in [0.1, 0.15) is 21.5 Å². The molecule has 0 aliphatic carbocycles. The summed E-state index contributed by atoms with van der Waals surface area (Å²) < 4.78 is 28.0. The number of hydrogen-bond donors (Lipinski definition) is 2. The molecule has 0 heterocycles. The number of anilines is 2. The molecule has 0 bridgehead atoms. The van der Waals surface area contributed by atoms with E-state index in [0.29, 0.717) is 22.0 Å². The fraction of sp³-hybridized carbons (Fsp3) is 0.0952. The molecule has 28 heavy (non-hydrogen) atoms. The minimum absolute atomic E-state index is 0.00276. The van der Waals surface area contributed by atoms with Crippen LogP contribution in [0.5, 0.6) is 0 Å². The number of hydrogen-bond acceptors (Lipinski definition) is 3. The van der Waals surface area contributed by atoms with Crippen molar-refractivity contribution in [1.29, 1.82) is 0 Å². The van der Waals surface area contributed by atoms with Crippen molar-refractivity contribution in [2.45, 2.75) is 18.7 Å². The minimum atomic E-state index is -3.84. The number of nitrogens with one attached hydrogen (secondary N) is 2. The van der Waals surface area contributed by atoms with E-state index in [1.807, 2.05) is 19.1 Å². The number of halogens is 1. The lowest BCUT2D eigenvalue weighted by Crippen LogP contribution is -2.17. The van der Waals surface area contributed by atoms with Crippen molar-refractivity contribution in [2.24, 2.45) is 0 Å². The maximum atomic E-state index is 12.7. The third-order valence-electron chi connectivity index (χ3n) is 4.19. The van der Waals surface area contributed by atoms with Crippen LogP contribution < -0.4 is 10.0 Å². The number of para-hydroxylation sites is 1. The molecule has 0 spiro atoms. The molecule has 7 heteroatoms. The zero-order valence-electron chi connectivity index (χ0n) is 15.4. The molecule has 3 aromatic carbocycles. The van der Waals surface area contributed by atoms with Crippen LogP contribution in [0.3, 0.4) is 0 Å². The van der Waals surface area contributed by atoms with Gasteiger partial charge in [-0.25, -0.2) is 8.42 Å². The van der Waals surface area contributed by atoms with E-state index in [2.05, 4.69) is 10.0 Å². The number of carbonyl (C=O) groups is 1. The molecule has 0 radical (unpaired) electrons. The highest BCUT2D eigenvalue weighted by molar-refractivity contribution is 7.92. The Morgan fingerprint density at radius 1 is 0.929 bits per heavy atom. The molecule has 144 valence electrons. The number of amides is 1. The first kappa shape index (κ1) is 19.9. The van der Waals surface area contributed by atoms with Gasteiger partial charge in [-0.3, -0.25) is 9.52 Å². The summed E-state index contributed by atoms with van der Waals surface area (Å²) in [6.07, 6.45) is 0. The van der Waals surface area contributed by atoms with Gasteiger partial charge in [0, 0.05) is 11.3 Å². The fourth-order valence-corrected chi connectivity index (χ4v) is 3.87. The summed E-state index contributed by atoms with van der Waals surface area (Å²) in [6.45, 7) is 3.66. The first-order valence-corrected chi connectivity index (χ1v) is 10.4. The highest BCUT2D eigenvalue weighted by atomic mass is 35.5. The van der Waals surface area contributed by atoms with Crippen LogP contribution in [0, 0.1) is 13.8 Å². The standard InChI is InChI=1S/C21H19ClN2O3S/c1-14-7-10-16(11-8-14)24-28(26,27)17-12-9-15(2)18(13-17)21(25)23-20-6-4-3-5-19(20)22/h3-13,24H,1-2H3,(H,23,25). The molecule has 0 fully saturated rings. The zero-order valence-corrected chi connectivity index (χ0v) is 16.9. The predicted octanol–water partition coefficient (Wildman–Crippen LogP) is 5.01. The summed E-state index contributed by atoms with van der Waals surface area (Å²) in [4.78, 5) is 12.7. The highest BCUT2D eigenvalue weighted by Gasteiger charge is 2.19. The molecule has 2 N–H and O–H groups in total. The second-order valence-corrected chi connectivity index (χ2v) is 8.47. The maximum absolute atomic E-state index is 12.7. The Morgan fingerprint density at radius 2 is 1.61 bits per heavy atom. The molecular weight excluding hydrogens is 396 g/mol. The number of rotatable bonds is 5. The van der Waals surface area contributed by atoms with Gasteiger partial charge in [0.2, 0.25) is 0 Å². The van der Waals surface area contributed by atoms with Gasteiger partial charge in [-0.2, -0.15) is 0 Å². The second kappa shape index (κ2) is 8.04. The Kier molecular flexibility index (Phi) is 5.72. The average molecular weight is 415 g/mol. The van der Waals surface area contributed by atoms with Crippen molar-refractivity contribution in [3.05, 3.63) is 88.4 Å². The molecule has 0 atom stereocenters. The maximum Gasteiger partial charge on any atom is 0.261 e. The van der Waals surface area contributed by atoms with E-state index in [0.717, 1.165) is 5.56 Å². The predicted molar refractivity (Wildman–Crippen MR) is 113 cm³/mol. The molecule has 0 saturated heterocycles. The van der Waals surface area contributed by atoms with Gasteiger partial charge in [-0.1, -0.05) is 47.5 Å². The van der Waals surface area contributed by atoms with Gasteiger partial charge in [0.1, 0.15) is 0 Å². The van der Waals surface area contributed by atoms with Crippen molar-refractivity contribution in [3.63, 3.8) is 0 Å². The van der Waals surface area contributed by atoms with Gasteiger partial charge >= 0.3 is 0 Å². The van der Waals surface area contributed by atoms with Crippen LogP contribution in [0.15, 0.2) is 71.6 Å². The van der Waals surface area contributed by atoms with Crippen LogP contribution in [0.2, 0.25) is 5.02 Å². The van der Waals surface area contributed by atoms with Crippen molar-refractivity contribution in [2.75, 3.05) is 10.0 Å². The Morgan fingerprint density at radius 3 is 2.29 bits per heavy atom. The zero-order chi connectivity index (χ0) is 20.3. The van der Waals surface area contributed by atoms with E-state index in [9.17, 15) is 13.2 Å². The lowest BCUT2D eigenvalue weighted by molar-refractivity contribution is 0.102. The van der Waals surface area contributed by atoms with Gasteiger partial charge in [0.25, 0.3) is 15.9 Å². The topological polar surface area (TPSA) is 75.3 Å². The number of carbonyl (C=O) groups excluding carboxylic acids is 1. The van der Waals surface area contributed by atoms with Gasteiger partial charge < -0.3 is 5.32 Å². The van der Waals surface area contributed by atoms with Crippen molar-refractivity contribution in [1.82, 2.24) is 0 Å². The summed E-state index contributed by atoms with van der Waals surface area (Å²) >= 11 is 6.08. The monoisotopic (exact) mass is 414 g/mol. The molecule has 3 aromatic rings. The Bertz CT molecular complexity index is 1130. The molecule has 0 aliphatic heterocycles. The summed E-state index contributed by atoms with van der Waals surface area (Å²) in [7, 11) is -3.84. The number of aryl methyl sites for hydroxylation is 2. The first-order chi connectivity index (χ1) is 13.3. The minimum Gasteiger partial charge on any atom is -0.321 e. The Hall–Kier alpha value is -2.83. The van der Waals surface area contributed by atoms with Crippen LogP contribution in [0.4, 0.5) is 11.4 Å². The molecule has 0 aliphatic rings. The van der Waals surface area contributed by atoms with E-state index in [4.69, 9.17) is 11.6 Å². The summed E-state index contributed by atoms with van der Waals surface area (Å²) in [5.74, 6) is -0.432. The van der Waals surface area contributed by atoms with Crippen LogP contribution in [0.25, 0.3) is 0 Å². The third kappa shape index (κ3) is 4.52. The highest BCUT2D eigenvalue weighted by Crippen LogP contribution is 2.24. The van der Waals surface area contributed by atoms with E-state index in [1.54, 1.807) is 49.4 Å². The first-order valence-electron chi connectivity index (χ1n) is 8.52. The normalized spacial score (nSPS) is 11.1. The number of benzene rings is 3. The molecule has 3 rings (SSSR count). The number of sulfonamides is 1. The van der Waals surface area contributed by atoms with Gasteiger partial charge in [0.15, 0.2) is 0 Å². The van der Waals surface area contributed by atoms with Crippen LogP contribution in [-0.4, -0.2) is 14.3 Å². The van der Waals surface area contributed by atoms with E-state index in [-0.39, 0.29) is 10.5 Å². The molecule has 0 unspecified atom stereocenters. The second-order valence-electron chi connectivity index (χ2n) is 6.38. The SMILES string of the molecule is Cc1ccc(NS(=O)(=O)c2ccc(C)c(C(=O)Nc3ccccc3Cl)c2)cc1. The van der Waals surface area contributed by atoms with Crippen LogP contribution in [-0.2, 0) is 10.0 Å². The van der Waals surface area contributed by atoms with E-state index in [1.165, 1.54) is 12.1 Å². The lowest BCUT2D eigenvalue weighted by atomic mass is 10.1. The third-order valence-corrected chi connectivity index (χ3v) is 5.90. The van der Waals surface area contributed by atoms with Crippen molar-refractivity contribution in [3.8, 4) is 0 Å². The quantitative estimate of drug-likeness (QED) is 0.616. The lowest BCUT2D eigenvalue weighted by Gasteiger charge is -2.12. The molecule has 5 nitrogen and oxygen atoms in total. The summed E-state index contributed by atoms with van der Waals surface area (Å²) in [6, 6.07) is 18.3. The van der Waals surface area contributed by atoms with Crippen LogP contribution >= 0.6 is 11.6 Å². The summed E-state index contributed by atoms with van der Waals surface area (Å²) in [5.41, 5.74) is 2.84. The van der Waals surface area contributed by atoms with E-state index >= 15 is 0 Å². The largest absolute Gasteiger partial charge is 0.321 e. The Labute approximate surface area is 169 Å². The van der Waals surface area contributed by atoms with E-state index < -0.39 is 15.9 Å². The fourth-order valence-electron chi connectivity index (χ4n) is 2.60. The molecule has 1 amide bonds. The summed E-state index contributed by atoms with van der Waals surface area (Å²) in [5, 5.41) is 3.12. The molecule has 0 aromatic heterocycles. The Balaban J connectivity index is 1.89. The van der Waals surface area contributed by atoms with Crippen molar-refractivity contribution < 1.29 is 13.2 Å². The van der Waals surface area contributed by atoms with Crippen molar-refractivity contribution >= 4 is 38.9 Å². The van der Waals surface area contributed by atoms with Gasteiger partial charge in [-0.05, 0) is 55.8 Å². The average Bonchev–Trinajstić information content (AvgIpc) is 2.65. The molecular formula is C21H19ClN2O3S. The smallest absolute Gasteiger partial charge is 0.261 e.